The fraction of sp³-hybridized carbons (Fsp3) is 0.286. The Morgan fingerprint density at radius 2 is 1.89 bits per heavy atom. The van der Waals surface area contributed by atoms with Gasteiger partial charge in [-0.15, -0.1) is 0 Å². The molecule has 1 aliphatic rings. The van der Waals surface area contributed by atoms with Gasteiger partial charge in [0.1, 0.15) is 5.76 Å². The van der Waals surface area contributed by atoms with Crippen LogP contribution in [-0.4, -0.2) is 19.3 Å². The van der Waals surface area contributed by atoms with Gasteiger partial charge in [0, 0.05) is 25.1 Å². The first-order chi connectivity index (χ1) is 9.07. The van der Waals surface area contributed by atoms with Crippen LogP contribution >= 0.6 is 0 Å². The minimum absolute atomic E-state index is 0.352. The molecule has 3 rings (SSSR count). The van der Waals surface area contributed by atoms with Crippen LogP contribution in [0, 0.1) is 6.92 Å². The standard InChI is InChI=1S/C14H15NO3S/c1-11-2-4-13(5-3-11)19(16,17)15-8-6-14-12(10-15)7-9-18-14/h2-5,7,9H,6,8,10H2,1H3. The average Bonchev–Trinajstić information content (AvgIpc) is 2.86. The predicted octanol–water partition coefficient (Wildman–Crippen LogP) is 2.34. The molecule has 0 aliphatic carbocycles. The Labute approximate surface area is 112 Å². The van der Waals surface area contributed by atoms with Gasteiger partial charge in [-0.2, -0.15) is 4.31 Å². The SMILES string of the molecule is Cc1ccc(S(=O)(=O)N2CCc3occc3C2)cc1. The van der Waals surface area contributed by atoms with Crippen LogP contribution in [-0.2, 0) is 23.0 Å². The van der Waals surface area contributed by atoms with E-state index in [1.807, 2.05) is 25.1 Å². The fourth-order valence-corrected chi connectivity index (χ4v) is 3.71. The highest BCUT2D eigenvalue weighted by Gasteiger charge is 2.29. The second-order valence-electron chi connectivity index (χ2n) is 4.77. The van der Waals surface area contributed by atoms with Crippen LogP contribution in [0.4, 0.5) is 0 Å². The molecular formula is C14H15NO3S. The second-order valence-corrected chi connectivity index (χ2v) is 6.71. The van der Waals surface area contributed by atoms with E-state index in [4.69, 9.17) is 4.42 Å². The quantitative estimate of drug-likeness (QED) is 0.846. The Bertz CT molecular complexity index is 686. The number of furan rings is 1. The van der Waals surface area contributed by atoms with E-state index in [0.717, 1.165) is 16.9 Å². The van der Waals surface area contributed by atoms with Crippen molar-refractivity contribution in [2.45, 2.75) is 24.8 Å². The molecular weight excluding hydrogens is 262 g/mol. The molecule has 1 aromatic carbocycles. The van der Waals surface area contributed by atoms with E-state index in [2.05, 4.69) is 0 Å². The van der Waals surface area contributed by atoms with Crippen molar-refractivity contribution in [1.82, 2.24) is 4.31 Å². The van der Waals surface area contributed by atoms with E-state index in [-0.39, 0.29) is 0 Å². The molecule has 0 radical (unpaired) electrons. The fourth-order valence-electron chi connectivity index (χ4n) is 2.29. The maximum absolute atomic E-state index is 12.5. The summed E-state index contributed by atoms with van der Waals surface area (Å²) in [6.45, 7) is 2.80. The molecule has 0 spiro atoms. The number of rotatable bonds is 2. The van der Waals surface area contributed by atoms with Gasteiger partial charge >= 0.3 is 0 Å². The van der Waals surface area contributed by atoms with E-state index in [1.165, 1.54) is 4.31 Å². The zero-order valence-corrected chi connectivity index (χ0v) is 11.5. The maximum Gasteiger partial charge on any atom is 0.243 e. The number of hydrogen-bond acceptors (Lipinski definition) is 3. The lowest BCUT2D eigenvalue weighted by atomic mass is 10.1. The monoisotopic (exact) mass is 277 g/mol. The molecule has 0 bridgehead atoms. The average molecular weight is 277 g/mol. The van der Waals surface area contributed by atoms with Crippen LogP contribution in [0.25, 0.3) is 0 Å². The molecule has 1 aliphatic heterocycles. The number of aryl methyl sites for hydroxylation is 1. The van der Waals surface area contributed by atoms with Crippen molar-refractivity contribution in [3.8, 4) is 0 Å². The highest BCUT2D eigenvalue weighted by Crippen LogP contribution is 2.25. The van der Waals surface area contributed by atoms with Crippen molar-refractivity contribution in [3.63, 3.8) is 0 Å². The van der Waals surface area contributed by atoms with E-state index < -0.39 is 10.0 Å². The zero-order valence-electron chi connectivity index (χ0n) is 10.7. The minimum Gasteiger partial charge on any atom is -0.469 e. The van der Waals surface area contributed by atoms with Crippen molar-refractivity contribution in [1.29, 1.82) is 0 Å². The first-order valence-electron chi connectivity index (χ1n) is 6.19. The zero-order chi connectivity index (χ0) is 13.5. The largest absolute Gasteiger partial charge is 0.469 e. The van der Waals surface area contributed by atoms with Crippen LogP contribution in [0.5, 0.6) is 0 Å². The molecule has 0 fully saturated rings. The summed E-state index contributed by atoms with van der Waals surface area (Å²) in [6, 6.07) is 8.80. The predicted molar refractivity (Wildman–Crippen MR) is 71.2 cm³/mol. The van der Waals surface area contributed by atoms with Gasteiger partial charge in [-0.3, -0.25) is 0 Å². The first kappa shape index (κ1) is 12.4. The minimum atomic E-state index is -3.41. The van der Waals surface area contributed by atoms with Gasteiger partial charge in [0.15, 0.2) is 0 Å². The molecule has 0 atom stereocenters. The third-order valence-electron chi connectivity index (χ3n) is 3.43. The van der Waals surface area contributed by atoms with Crippen molar-refractivity contribution >= 4 is 10.0 Å². The number of sulfonamides is 1. The summed E-state index contributed by atoms with van der Waals surface area (Å²) < 4.78 is 31.9. The highest BCUT2D eigenvalue weighted by molar-refractivity contribution is 7.89. The highest BCUT2D eigenvalue weighted by atomic mass is 32.2. The maximum atomic E-state index is 12.5. The van der Waals surface area contributed by atoms with Crippen LogP contribution in [0.3, 0.4) is 0 Å². The summed E-state index contributed by atoms with van der Waals surface area (Å²) >= 11 is 0. The van der Waals surface area contributed by atoms with Gasteiger partial charge in [0.25, 0.3) is 0 Å². The number of hydrogen-bond donors (Lipinski definition) is 0. The van der Waals surface area contributed by atoms with Crippen molar-refractivity contribution in [3.05, 3.63) is 53.5 Å². The lowest BCUT2D eigenvalue weighted by molar-refractivity contribution is 0.362. The summed E-state index contributed by atoms with van der Waals surface area (Å²) in [7, 11) is -3.41. The molecule has 0 amide bonds. The van der Waals surface area contributed by atoms with Crippen molar-refractivity contribution < 1.29 is 12.8 Å². The van der Waals surface area contributed by atoms with Crippen molar-refractivity contribution in [2.75, 3.05) is 6.54 Å². The molecule has 0 saturated carbocycles. The Morgan fingerprint density at radius 3 is 2.63 bits per heavy atom. The molecule has 2 aromatic rings. The van der Waals surface area contributed by atoms with Crippen LogP contribution in [0.15, 0.2) is 45.9 Å². The van der Waals surface area contributed by atoms with Crippen LogP contribution < -0.4 is 0 Å². The Hall–Kier alpha value is -1.59. The molecule has 0 unspecified atom stereocenters. The molecule has 4 nitrogen and oxygen atoms in total. The van der Waals surface area contributed by atoms with E-state index in [1.54, 1.807) is 18.4 Å². The topological polar surface area (TPSA) is 50.5 Å². The van der Waals surface area contributed by atoms with Crippen molar-refractivity contribution in [2.24, 2.45) is 0 Å². The molecule has 19 heavy (non-hydrogen) atoms. The van der Waals surface area contributed by atoms with Gasteiger partial charge in [-0.25, -0.2) is 8.42 Å². The summed E-state index contributed by atoms with van der Waals surface area (Å²) in [6.07, 6.45) is 2.25. The van der Waals surface area contributed by atoms with Gasteiger partial charge in [0.05, 0.1) is 11.2 Å². The molecule has 5 heteroatoms. The Balaban J connectivity index is 1.92. The van der Waals surface area contributed by atoms with Gasteiger partial charge < -0.3 is 4.42 Å². The molecule has 0 N–H and O–H groups in total. The molecule has 1 aromatic heterocycles. The normalized spacial score (nSPS) is 16.3. The third kappa shape index (κ3) is 2.19. The number of nitrogens with zero attached hydrogens (tertiary/aromatic N) is 1. The van der Waals surface area contributed by atoms with Crippen LogP contribution in [0.1, 0.15) is 16.9 Å². The van der Waals surface area contributed by atoms with Gasteiger partial charge in [-0.05, 0) is 25.1 Å². The van der Waals surface area contributed by atoms with Crippen LogP contribution in [0.2, 0.25) is 0 Å². The van der Waals surface area contributed by atoms with E-state index >= 15 is 0 Å². The third-order valence-corrected chi connectivity index (χ3v) is 5.29. The number of benzene rings is 1. The Kier molecular flexibility index (Phi) is 2.95. The summed E-state index contributed by atoms with van der Waals surface area (Å²) in [5.74, 6) is 0.898. The summed E-state index contributed by atoms with van der Waals surface area (Å²) in [5, 5.41) is 0. The Morgan fingerprint density at radius 1 is 1.16 bits per heavy atom. The second kappa shape index (κ2) is 4.51. The lowest BCUT2D eigenvalue weighted by Gasteiger charge is -2.25. The van der Waals surface area contributed by atoms with Gasteiger partial charge in [0.2, 0.25) is 10.0 Å². The molecule has 0 saturated heterocycles. The smallest absolute Gasteiger partial charge is 0.243 e. The molecule has 100 valence electrons. The van der Waals surface area contributed by atoms with E-state index in [9.17, 15) is 8.42 Å². The molecule has 2 heterocycles. The summed E-state index contributed by atoms with van der Waals surface area (Å²) in [4.78, 5) is 0.352. The number of fused-ring (bicyclic) bond motifs is 1. The lowest BCUT2D eigenvalue weighted by Crippen LogP contribution is -2.35. The van der Waals surface area contributed by atoms with Gasteiger partial charge in [-0.1, -0.05) is 17.7 Å². The summed E-state index contributed by atoms with van der Waals surface area (Å²) in [5.41, 5.74) is 2.01. The van der Waals surface area contributed by atoms with E-state index in [0.29, 0.717) is 24.4 Å². The first-order valence-corrected chi connectivity index (χ1v) is 7.63.